The maximum Gasteiger partial charge on any atom is 0.303 e. The van der Waals surface area contributed by atoms with E-state index in [0.29, 0.717) is 0 Å². The van der Waals surface area contributed by atoms with E-state index in [9.17, 15) is 9.59 Å². The van der Waals surface area contributed by atoms with E-state index in [1.165, 1.54) is 0 Å². The average molecular weight is 152 g/mol. The van der Waals surface area contributed by atoms with Gasteiger partial charge in [0.1, 0.15) is 0 Å². The highest BCUT2D eigenvalue weighted by atomic mass is 32.1. The van der Waals surface area contributed by atoms with Crippen LogP contribution >= 0.6 is 13.5 Å². The van der Waals surface area contributed by atoms with E-state index in [-0.39, 0.29) is 26.3 Å². The van der Waals surface area contributed by atoms with Gasteiger partial charge in [-0.05, 0) is 0 Å². The number of carboxylic acids is 2. The molecule has 9 heavy (non-hydrogen) atoms. The van der Waals surface area contributed by atoms with E-state index in [4.69, 9.17) is 10.2 Å². The zero-order valence-electron chi connectivity index (χ0n) is 4.63. The van der Waals surface area contributed by atoms with Gasteiger partial charge >= 0.3 is 11.9 Å². The van der Waals surface area contributed by atoms with Crippen LogP contribution in [0.5, 0.6) is 0 Å². The first-order chi connectivity index (χ1) is 3.63. The summed E-state index contributed by atoms with van der Waals surface area (Å²) in [5.41, 5.74) is 0. The van der Waals surface area contributed by atoms with Crippen molar-refractivity contribution in [1.82, 2.24) is 0 Å². The molecule has 0 saturated heterocycles. The Morgan fingerprint density at radius 3 is 1.33 bits per heavy atom. The molecule has 0 saturated carbocycles. The third-order valence-corrected chi connectivity index (χ3v) is 0.553. The summed E-state index contributed by atoms with van der Waals surface area (Å²) in [6.07, 6.45) is -0.593. The highest BCUT2D eigenvalue weighted by Gasteiger charge is 2.00. The average Bonchev–Trinajstić information content (AvgIpc) is 1.61. The lowest BCUT2D eigenvalue weighted by atomic mass is 10.3. The Hall–Kier alpha value is -0.710. The molecule has 0 unspecified atom stereocenters. The highest BCUT2D eigenvalue weighted by Crippen LogP contribution is 1.85. The van der Waals surface area contributed by atoms with Crippen LogP contribution in [0.15, 0.2) is 0 Å². The second-order valence-corrected chi connectivity index (χ2v) is 1.29. The summed E-state index contributed by atoms with van der Waals surface area (Å²) in [7, 11) is 0. The van der Waals surface area contributed by atoms with Crippen LogP contribution in [0.2, 0.25) is 0 Å². The molecule has 0 radical (unpaired) electrons. The molecule has 0 aromatic carbocycles. The van der Waals surface area contributed by atoms with E-state index in [0.717, 1.165) is 0 Å². The summed E-state index contributed by atoms with van der Waals surface area (Å²) in [6, 6.07) is 0. The van der Waals surface area contributed by atoms with Crippen molar-refractivity contribution >= 4 is 25.4 Å². The molecule has 0 aromatic heterocycles. The van der Waals surface area contributed by atoms with Crippen molar-refractivity contribution in [3.63, 3.8) is 0 Å². The summed E-state index contributed by atoms with van der Waals surface area (Å²) in [5.74, 6) is -2.15. The number of rotatable bonds is 3. The third kappa shape index (κ3) is 11.1. The molecular formula is C4H8O4S. The fraction of sp³-hybridized carbons (Fsp3) is 0.500. The van der Waals surface area contributed by atoms with E-state index < -0.39 is 11.9 Å². The molecule has 0 aliphatic carbocycles. The van der Waals surface area contributed by atoms with Crippen LogP contribution < -0.4 is 0 Å². The maximum absolute atomic E-state index is 9.64. The Morgan fingerprint density at radius 2 is 1.22 bits per heavy atom. The van der Waals surface area contributed by atoms with Crippen LogP contribution in [0.3, 0.4) is 0 Å². The van der Waals surface area contributed by atoms with Crippen LogP contribution in [0.1, 0.15) is 12.8 Å². The minimum Gasteiger partial charge on any atom is -0.481 e. The third-order valence-electron chi connectivity index (χ3n) is 0.553. The lowest BCUT2D eigenvalue weighted by Crippen LogP contribution is -2.00. The smallest absolute Gasteiger partial charge is 0.303 e. The molecule has 0 aliphatic heterocycles. The molecule has 2 N–H and O–H groups in total. The lowest BCUT2D eigenvalue weighted by molar-refractivity contribution is -0.143. The van der Waals surface area contributed by atoms with Crippen molar-refractivity contribution in [2.45, 2.75) is 12.8 Å². The minimum absolute atomic E-state index is 0. The minimum atomic E-state index is -1.08. The first-order valence-corrected chi connectivity index (χ1v) is 2.06. The van der Waals surface area contributed by atoms with Crippen LogP contribution in [-0.4, -0.2) is 22.2 Å². The van der Waals surface area contributed by atoms with E-state index in [1.807, 2.05) is 0 Å². The van der Waals surface area contributed by atoms with Gasteiger partial charge in [-0.1, -0.05) is 0 Å². The fourth-order valence-corrected chi connectivity index (χ4v) is 0.214. The number of carboxylic acid groups (broad SMARTS) is 2. The summed E-state index contributed by atoms with van der Waals surface area (Å²) in [5, 5.41) is 15.8. The molecule has 5 heteroatoms. The molecule has 0 spiro atoms. The van der Waals surface area contributed by atoms with Crippen molar-refractivity contribution < 1.29 is 19.8 Å². The molecule has 0 fully saturated rings. The van der Waals surface area contributed by atoms with Gasteiger partial charge in [0.05, 0.1) is 12.8 Å². The standard InChI is InChI=1S/C4H6O4.H2S/c5-3(6)1-2-4(7)8;/h1-2H2,(H,5,6)(H,7,8);1H2. The van der Waals surface area contributed by atoms with Crippen molar-refractivity contribution in [1.29, 1.82) is 0 Å². The van der Waals surface area contributed by atoms with Gasteiger partial charge in [-0.25, -0.2) is 0 Å². The Kier molecular flexibility index (Phi) is 6.71. The van der Waals surface area contributed by atoms with Crippen LogP contribution in [-0.2, 0) is 9.59 Å². The van der Waals surface area contributed by atoms with Crippen LogP contribution in [0.25, 0.3) is 0 Å². The summed E-state index contributed by atoms with van der Waals surface area (Å²) >= 11 is 0. The molecule has 0 atom stereocenters. The molecule has 0 aromatic rings. The fourth-order valence-electron chi connectivity index (χ4n) is 0.214. The number of aliphatic carboxylic acids is 2. The predicted octanol–water partition coefficient (Wildman–Crippen LogP) is 0.0486. The normalized spacial score (nSPS) is 7.56. The Bertz CT molecular complexity index is 97.1. The quantitative estimate of drug-likeness (QED) is 0.599. The second-order valence-electron chi connectivity index (χ2n) is 1.29. The first kappa shape index (κ1) is 11.1. The van der Waals surface area contributed by atoms with Gasteiger partial charge in [-0.2, -0.15) is 13.5 Å². The molecule has 4 nitrogen and oxygen atoms in total. The van der Waals surface area contributed by atoms with Gasteiger partial charge in [0.2, 0.25) is 0 Å². The summed E-state index contributed by atoms with van der Waals surface area (Å²) in [4.78, 5) is 19.3. The monoisotopic (exact) mass is 152 g/mol. The van der Waals surface area contributed by atoms with Crippen LogP contribution in [0.4, 0.5) is 0 Å². The van der Waals surface area contributed by atoms with Gasteiger partial charge < -0.3 is 10.2 Å². The molecule has 0 heterocycles. The van der Waals surface area contributed by atoms with Gasteiger partial charge in [0.25, 0.3) is 0 Å². The van der Waals surface area contributed by atoms with E-state index in [1.54, 1.807) is 0 Å². The molecule has 0 rings (SSSR count). The summed E-state index contributed by atoms with van der Waals surface area (Å²) < 4.78 is 0. The largest absolute Gasteiger partial charge is 0.481 e. The number of carbonyl (C=O) groups is 2. The van der Waals surface area contributed by atoms with Crippen molar-refractivity contribution in [2.75, 3.05) is 0 Å². The topological polar surface area (TPSA) is 74.6 Å². The number of hydrogen-bond acceptors (Lipinski definition) is 2. The highest BCUT2D eigenvalue weighted by molar-refractivity contribution is 7.59. The SMILES string of the molecule is O=C(O)CCC(=O)O.S. The van der Waals surface area contributed by atoms with Gasteiger partial charge in [0, 0.05) is 0 Å². The van der Waals surface area contributed by atoms with Gasteiger partial charge in [-0.15, -0.1) is 0 Å². The predicted molar refractivity (Wildman–Crippen MR) is 34.9 cm³/mol. The second kappa shape index (κ2) is 5.43. The van der Waals surface area contributed by atoms with E-state index in [2.05, 4.69) is 0 Å². The molecule has 54 valence electrons. The zero-order chi connectivity index (χ0) is 6.57. The molecule has 0 bridgehead atoms. The lowest BCUT2D eigenvalue weighted by Gasteiger charge is -1.85. The molecular weight excluding hydrogens is 144 g/mol. The van der Waals surface area contributed by atoms with Crippen molar-refractivity contribution in [3.05, 3.63) is 0 Å². The van der Waals surface area contributed by atoms with E-state index >= 15 is 0 Å². The van der Waals surface area contributed by atoms with Crippen molar-refractivity contribution in [3.8, 4) is 0 Å². The van der Waals surface area contributed by atoms with Crippen LogP contribution in [0, 0.1) is 0 Å². The number of hydrogen-bond donors (Lipinski definition) is 2. The molecule has 0 aliphatic rings. The zero-order valence-corrected chi connectivity index (χ0v) is 5.63. The maximum atomic E-state index is 9.64. The van der Waals surface area contributed by atoms with Crippen molar-refractivity contribution in [2.24, 2.45) is 0 Å². The Labute approximate surface area is 58.9 Å². The van der Waals surface area contributed by atoms with Gasteiger partial charge in [0.15, 0.2) is 0 Å². The Morgan fingerprint density at radius 1 is 1.00 bits per heavy atom. The molecule has 0 amide bonds. The Balaban J connectivity index is 0. The summed E-state index contributed by atoms with van der Waals surface area (Å²) in [6.45, 7) is 0. The first-order valence-electron chi connectivity index (χ1n) is 2.06. The van der Waals surface area contributed by atoms with Gasteiger partial charge in [-0.3, -0.25) is 9.59 Å².